The van der Waals surface area contributed by atoms with Gasteiger partial charge in [0.05, 0.1) is 24.8 Å². The summed E-state index contributed by atoms with van der Waals surface area (Å²) in [7, 11) is 1.71. The third-order valence-corrected chi connectivity index (χ3v) is 5.34. The predicted molar refractivity (Wildman–Crippen MR) is 85.1 cm³/mol. The lowest BCUT2D eigenvalue weighted by Crippen LogP contribution is -2.41. The van der Waals surface area contributed by atoms with Crippen LogP contribution in [-0.2, 0) is 16.1 Å². The van der Waals surface area contributed by atoms with Gasteiger partial charge in [-0.3, -0.25) is 9.69 Å². The van der Waals surface area contributed by atoms with Gasteiger partial charge >= 0.3 is 5.97 Å². The molecule has 2 saturated heterocycles. The number of hydrogen-bond acceptors (Lipinski definition) is 5. The lowest BCUT2D eigenvalue weighted by molar-refractivity contribution is -0.151. The number of furan rings is 1. The molecule has 3 heterocycles. The van der Waals surface area contributed by atoms with E-state index >= 15 is 0 Å². The van der Waals surface area contributed by atoms with Crippen LogP contribution in [0, 0.1) is 11.3 Å². The zero-order chi connectivity index (χ0) is 16.3. The number of rotatable bonds is 6. The lowest BCUT2D eigenvalue weighted by Gasteiger charge is -2.29. The molecule has 0 saturated carbocycles. The van der Waals surface area contributed by atoms with Gasteiger partial charge in [-0.25, -0.2) is 0 Å². The highest BCUT2D eigenvalue weighted by Crippen LogP contribution is 2.43. The number of ether oxygens (including phenoxy) is 1. The van der Waals surface area contributed by atoms with Crippen molar-refractivity contribution in [2.24, 2.45) is 11.3 Å². The summed E-state index contributed by atoms with van der Waals surface area (Å²) >= 11 is 0. The van der Waals surface area contributed by atoms with E-state index in [1.54, 1.807) is 13.4 Å². The zero-order valence-electron chi connectivity index (χ0n) is 13.7. The summed E-state index contributed by atoms with van der Waals surface area (Å²) in [4.78, 5) is 16.7. The fraction of sp³-hybridized carbons (Fsp3) is 0.706. The zero-order valence-corrected chi connectivity index (χ0v) is 13.7. The highest BCUT2D eigenvalue weighted by Gasteiger charge is 2.53. The molecule has 1 aromatic heterocycles. The Balaban J connectivity index is 1.72. The first kappa shape index (κ1) is 16.5. The summed E-state index contributed by atoms with van der Waals surface area (Å²) in [5.74, 6) is 0.422. The molecule has 0 amide bonds. The van der Waals surface area contributed by atoms with Crippen LogP contribution in [0.2, 0.25) is 0 Å². The summed E-state index contributed by atoms with van der Waals surface area (Å²) in [6.45, 7) is 5.50. The van der Waals surface area contributed by atoms with Crippen molar-refractivity contribution in [2.75, 3.05) is 46.4 Å². The molecule has 6 heteroatoms. The molecule has 0 spiro atoms. The second-order valence-electron chi connectivity index (χ2n) is 6.80. The number of carboxylic acids is 1. The molecule has 6 nitrogen and oxygen atoms in total. The highest BCUT2D eigenvalue weighted by atomic mass is 16.5. The summed E-state index contributed by atoms with van der Waals surface area (Å²) < 4.78 is 10.6. The second kappa shape index (κ2) is 7.03. The normalized spacial score (nSPS) is 29.3. The average Bonchev–Trinajstić information content (AvgIpc) is 3.10. The fourth-order valence-corrected chi connectivity index (χ4v) is 4.13. The van der Waals surface area contributed by atoms with Gasteiger partial charge in [0.2, 0.25) is 0 Å². The number of aliphatic carboxylic acids is 1. The SMILES string of the molecule is COCCN1CCC[C@]2(C(=O)O)CN(Cc3ccco3)C[C@@H]2C1. The van der Waals surface area contributed by atoms with Crippen molar-refractivity contribution in [3.05, 3.63) is 24.2 Å². The van der Waals surface area contributed by atoms with Gasteiger partial charge in [-0.1, -0.05) is 0 Å². The van der Waals surface area contributed by atoms with Gasteiger partial charge in [0.15, 0.2) is 0 Å². The molecule has 2 fully saturated rings. The third-order valence-electron chi connectivity index (χ3n) is 5.34. The molecule has 1 N–H and O–H groups in total. The second-order valence-corrected chi connectivity index (χ2v) is 6.80. The highest BCUT2D eigenvalue weighted by molar-refractivity contribution is 5.76. The molecule has 2 aliphatic heterocycles. The maximum absolute atomic E-state index is 12.1. The van der Waals surface area contributed by atoms with Crippen molar-refractivity contribution in [2.45, 2.75) is 19.4 Å². The van der Waals surface area contributed by atoms with Crippen LogP contribution in [-0.4, -0.2) is 67.3 Å². The summed E-state index contributed by atoms with van der Waals surface area (Å²) in [5, 5.41) is 9.94. The first-order valence-corrected chi connectivity index (χ1v) is 8.33. The quantitative estimate of drug-likeness (QED) is 0.857. The van der Waals surface area contributed by atoms with Crippen molar-refractivity contribution in [3.63, 3.8) is 0 Å². The van der Waals surface area contributed by atoms with Gasteiger partial charge in [0.25, 0.3) is 0 Å². The number of hydrogen-bond donors (Lipinski definition) is 1. The van der Waals surface area contributed by atoms with Crippen molar-refractivity contribution >= 4 is 5.97 Å². The van der Waals surface area contributed by atoms with Crippen molar-refractivity contribution in [1.29, 1.82) is 0 Å². The predicted octanol–water partition coefficient (Wildman–Crippen LogP) is 1.52. The topological polar surface area (TPSA) is 66.2 Å². The maximum Gasteiger partial charge on any atom is 0.311 e. The van der Waals surface area contributed by atoms with Crippen LogP contribution >= 0.6 is 0 Å². The number of nitrogens with zero attached hydrogens (tertiary/aromatic N) is 2. The van der Waals surface area contributed by atoms with Crippen LogP contribution in [0.15, 0.2) is 22.8 Å². The Labute approximate surface area is 137 Å². The molecule has 2 atom stereocenters. The smallest absolute Gasteiger partial charge is 0.311 e. The van der Waals surface area contributed by atoms with Gasteiger partial charge in [-0.2, -0.15) is 0 Å². The summed E-state index contributed by atoms with van der Waals surface area (Å²) in [6.07, 6.45) is 3.36. The minimum Gasteiger partial charge on any atom is -0.481 e. The van der Waals surface area contributed by atoms with Gasteiger partial charge < -0.3 is 19.2 Å². The molecule has 3 rings (SSSR count). The average molecular weight is 322 g/mol. The molecule has 23 heavy (non-hydrogen) atoms. The Kier molecular flexibility index (Phi) is 5.04. The monoisotopic (exact) mass is 322 g/mol. The Morgan fingerprint density at radius 1 is 1.48 bits per heavy atom. The molecular weight excluding hydrogens is 296 g/mol. The molecule has 0 aliphatic carbocycles. The Bertz CT molecular complexity index is 519. The Hall–Kier alpha value is -1.37. The summed E-state index contributed by atoms with van der Waals surface area (Å²) in [5.41, 5.74) is -0.617. The van der Waals surface area contributed by atoms with Crippen LogP contribution in [0.4, 0.5) is 0 Å². The van der Waals surface area contributed by atoms with Crippen molar-refractivity contribution in [1.82, 2.24) is 9.80 Å². The van der Waals surface area contributed by atoms with E-state index in [0.29, 0.717) is 19.7 Å². The number of carboxylic acid groups (broad SMARTS) is 1. The number of methoxy groups -OCH3 is 1. The summed E-state index contributed by atoms with van der Waals surface area (Å²) in [6, 6.07) is 3.83. The molecular formula is C17H26N2O4. The van der Waals surface area contributed by atoms with E-state index in [1.807, 2.05) is 12.1 Å². The van der Waals surface area contributed by atoms with E-state index in [-0.39, 0.29) is 5.92 Å². The molecule has 0 unspecified atom stereocenters. The fourth-order valence-electron chi connectivity index (χ4n) is 4.13. The Morgan fingerprint density at radius 2 is 2.30 bits per heavy atom. The maximum atomic E-state index is 12.1. The third kappa shape index (κ3) is 3.44. The Morgan fingerprint density at radius 3 is 3.00 bits per heavy atom. The van der Waals surface area contributed by atoms with Crippen LogP contribution in [0.1, 0.15) is 18.6 Å². The van der Waals surface area contributed by atoms with Crippen LogP contribution in [0.25, 0.3) is 0 Å². The standard InChI is InChI=1S/C17H26N2O4/c1-22-9-7-18-6-3-5-17(16(20)21)13-19(11-14(17)10-18)12-15-4-2-8-23-15/h2,4,8,14H,3,5-7,9-13H2,1H3,(H,20,21)/t14-,17-/m0/s1. The van der Waals surface area contributed by atoms with E-state index in [9.17, 15) is 9.90 Å². The molecule has 0 bridgehead atoms. The number of fused-ring (bicyclic) bond motifs is 1. The number of likely N-dealkylation sites (tertiary alicyclic amines) is 2. The van der Waals surface area contributed by atoms with Gasteiger partial charge in [0, 0.05) is 39.2 Å². The first-order valence-electron chi connectivity index (χ1n) is 8.33. The van der Waals surface area contributed by atoms with Crippen molar-refractivity contribution in [3.8, 4) is 0 Å². The first-order chi connectivity index (χ1) is 11.1. The molecule has 2 aliphatic rings. The van der Waals surface area contributed by atoms with Gasteiger partial charge in [-0.05, 0) is 31.5 Å². The van der Waals surface area contributed by atoms with E-state index in [2.05, 4.69) is 9.80 Å². The van der Waals surface area contributed by atoms with E-state index in [1.165, 1.54) is 0 Å². The molecule has 0 aromatic carbocycles. The van der Waals surface area contributed by atoms with Crippen molar-refractivity contribution < 1.29 is 19.1 Å². The van der Waals surface area contributed by atoms with Crippen LogP contribution < -0.4 is 0 Å². The lowest BCUT2D eigenvalue weighted by atomic mass is 9.75. The van der Waals surface area contributed by atoms with E-state index in [4.69, 9.17) is 9.15 Å². The molecule has 1 aromatic rings. The number of carbonyl (C=O) groups is 1. The van der Waals surface area contributed by atoms with Gasteiger partial charge in [0.1, 0.15) is 5.76 Å². The molecule has 0 radical (unpaired) electrons. The van der Waals surface area contributed by atoms with Crippen LogP contribution in [0.3, 0.4) is 0 Å². The van der Waals surface area contributed by atoms with Gasteiger partial charge in [-0.15, -0.1) is 0 Å². The van der Waals surface area contributed by atoms with E-state index < -0.39 is 11.4 Å². The minimum atomic E-state index is -0.641. The van der Waals surface area contributed by atoms with E-state index in [0.717, 1.165) is 44.8 Å². The largest absolute Gasteiger partial charge is 0.481 e. The molecule has 128 valence electrons. The van der Waals surface area contributed by atoms with Crippen LogP contribution in [0.5, 0.6) is 0 Å². The minimum absolute atomic E-state index is 0.161.